The Hall–Kier alpha value is -0.480. The summed E-state index contributed by atoms with van der Waals surface area (Å²) >= 11 is 4.83. The molecule has 1 spiro atoms. The van der Waals surface area contributed by atoms with Crippen LogP contribution in [0.5, 0.6) is 0 Å². The summed E-state index contributed by atoms with van der Waals surface area (Å²) in [5.41, 5.74) is 1.99. The molecular formula is C23H32O3S. The fourth-order valence-corrected chi connectivity index (χ4v) is 9.20. The predicted octanol–water partition coefficient (Wildman–Crippen LogP) is 4.56. The van der Waals surface area contributed by atoms with Crippen LogP contribution in [0.2, 0.25) is 0 Å². The highest BCUT2D eigenvalue weighted by atomic mass is 32.1. The molecule has 4 aliphatic carbocycles. The van der Waals surface area contributed by atoms with Crippen LogP contribution in [-0.2, 0) is 14.3 Å². The maximum atomic E-state index is 11.7. The van der Waals surface area contributed by atoms with Gasteiger partial charge < -0.3 is 9.47 Å². The van der Waals surface area contributed by atoms with E-state index in [1.54, 1.807) is 6.08 Å². The average molecular weight is 389 g/mol. The van der Waals surface area contributed by atoms with E-state index in [1.165, 1.54) is 50.5 Å². The maximum Gasteiger partial charge on any atom is 0.331 e. The summed E-state index contributed by atoms with van der Waals surface area (Å²) in [6.07, 6.45) is 12.5. The van der Waals surface area contributed by atoms with E-state index >= 15 is 0 Å². The molecule has 0 aromatic heterocycles. The Bertz CT molecular complexity index is 733. The molecule has 2 aliphatic heterocycles. The zero-order valence-corrected chi connectivity index (χ0v) is 17.5. The lowest BCUT2D eigenvalue weighted by atomic mass is 9.44. The van der Waals surface area contributed by atoms with Gasteiger partial charge in [0, 0.05) is 16.7 Å². The van der Waals surface area contributed by atoms with Crippen molar-refractivity contribution in [1.29, 1.82) is 0 Å². The predicted molar refractivity (Wildman–Crippen MR) is 107 cm³/mol. The molecule has 3 nitrogen and oxygen atoms in total. The van der Waals surface area contributed by atoms with Gasteiger partial charge in [0.15, 0.2) is 0 Å². The quantitative estimate of drug-likeness (QED) is 0.407. The first-order chi connectivity index (χ1) is 12.9. The van der Waals surface area contributed by atoms with Crippen LogP contribution in [0.3, 0.4) is 0 Å². The van der Waals surface area contributed by atoms with Gasteiger partial charge >= 0.3 is 5.97 Å². The first kappa shape index (κ1) is 17.4. The normalized spacial score (nSPS) is 58.5. The molecule has 0 bridgehead atoms. The van der Waals surface area contributed by atoms with Crippen LogP contribution in [-0.4, -0.2) is 29.5 Å². The third kappa shape index (κ3) is 2.02. The van der Waals surface area contributed by atoms with E-state index in [2.05, 4.69) is 13.8 Å². The second kappa shape index (κ2) is 5.36. The Morgan fingerprint density at radius 1 is 1.07 bits per heavy atom. The summed E-state index contributed by atoms with van der Waals surface area (Å²) in [6, 6.07) is 0. The topological polar surface area (TPSA) is 38.8 Å². The van der Waals surface area contributed by atoms with Crippen molar-refractivity contribution < 1.29 is 14.3 Å². The van der Waals surface area contributed by atoms with Crippen LogP contribution >= 0.6 is 12.6 Å². The molecule has 148 valence electrons. The van der Waals surface area contributed by atoms with Gasteiger partial charge in [0.1, 0.15) is 12.2 Å². The SMILES string of the molecule is C[C@]12CC[C@H](S)C[C@H]1CC[C@@H]1[C@@H]2CC[C@]2(C)[C@@H](C3=CC(=O)OC3)C[C@H]3O[C@]132. The van der Waals surface area contributed by atoms with Gasteiger partial charge in [0.25, 0.3) is 0 Å². The number of carbonyl (C=O) groups excluding carboxylic acids is 1. The summed E-state index contributed by atoms with van der Waals surface area (Å²) in [5, 5.41) is 0.610. The lowest BCUT2D eigenvalue weighted by molar-refractivity contribution is -0.135. The van der Waals surface area contributed by atoms with Crippen molar-refractivity contribution in [2.75, 3.05) is 6.61 Å². The van der Waals surface area contributed by atoms with Crippen molar-refractivity contribution in [1.82, 2.24) is 0 Å². The molecule has 6 aliphatic rings. The van der Waals surface area contributed by atoms with Crippen LogP contribution in [0, 0.1) is 34.5 Å². The molecule has 1 saturated heterocycles. The Kier molecular flexibility index (Phi) is 3.45. The second-order valence-corrected chi connectivity index (χ2v) is 11.6. The van der Waals surface area contributed by atoms with Crippen molar-refractivity contribution in [3.63, 3.8) is 0 Å². The molecule has 5 fully saturated rings. The van der Waals surface area contributed by atoms with Gasteiger partial charge in [-0.25, -0.2) is 4.79 Å². The highest BCUT2D eigenvalue weighted by Crippen LogP contribution is 2.77. The molecule has 4 saturated carbocycles. The van der Waals surface area contributed by atoms with E-state index in [0.717, 1.165) is 18.3 Å². The average Bonchev–Trinajstić information content (AvgIpc) is 3.09. The van der Waals surface area contributed by atoms with Crippen molar-refractivity contribution in [3.05, 3.63) is 11.6 Å². The molecule has 27 heavy (non-hydrogen) atoms. The molecule has 6 rings (SSSR count). The van der Waals surface area contributed by atoms with E-state index < -0.39 is 0 Å². The van der Waals surface area contributed by atoms with Gasteiger partial charge in [-0.3, -0.25) is 0 Å². The molecule has 0 radical (unpaired) electrons. The Morgan fingerprint density at radius 3 is 2.70 bits per heavy atom. The number of fused-ring (bicyclic) bond motifs is 3. The summed E-state index contributed by atoms with van der Waals surface area (Å²) in [6.45, 7) is 5.59. The Morgan fingerprint density at radius 2 is 1.93 bits per heavy atom. The Labute approximate surface area is 168 Å². The number of rotatable bonds is 1. The van der Waals surface area contributed by atoms with Crippen LogP contribution in [0.4, 0.5) is 0 Å². The fourth-order valence-electron chi connectivity index (χ4n) is 8.82. The first-order valence-electron chi connectivity index (χ1n) is 11.1. The van der Waals surface area contributed by atoms with Crippen molar-refractivity contribution in [2.24, 2.45) is 34.5 Å². The van der Waals surface area contributed by atoms with Crippen LogP contribution < -0.4 is 0 Å². The minimum absolute atomic E-state index is 0.0822. The molecule has 9 atom stereocenters. The lowest BCUT2D eigenvalue weighted by Gasteiger charge is -2.61. The van der Waals surface area contributed by atoms with Crippen molar-refractivity contribution in [2.45, 2.75) is 82.2 Å². The van der Waals surface area contributed by atoms with E-state index in [0.29, 0.717) is 35.2 Å². The summed E-state index contributed by atoms with van der Waals surface area (Å²) in [5.74, 6) is 2.71. The number of hydrogen-bond donors (Lipinski definition) is 1. The number of cyclic esters (lactones) is 1. The van der Waals surface area contributed by atoms with Crippen LogP contribution in [0.25, 0.3) is 0 Å². The van der Waals surface area contributed by atoms with Crippen molar-refractivity contribution >= 4 is 18.6 Å². The summed E-state index contributed by atoms with van der Waals surface area (Å²) in [4.78, 5) is 11.7. The molecule has 4 heteroatoms. The monoisotopic (exact) mass is 388 g/mol. The van der Waals surface area contributed by atoms with Gasteiger partial charge in [-0.1, -0.05) is 13.8 Å². The minimum Gasteiger partial charge on any atom is -0.458 e. The van der Waals surface area contributed by atoms with Gasteiger partial charge in [-0.15, -0.1) is 0 Å². The third-order valence-electron chi connectivity index (χ3n) is 10.2. The van der Waals surface area contributed by atoms with Gasteiger partial charge in [0.2, 0.25) is 0 Å². The lowest BCUT2D eigenvalue weighted by Crippen LogP contribution is -2.58. The van der Waals surface area contributed by atoms with Gasteiger partial charge in [-0.2, -0.15) is 12.6 Å². The summed E-state index contributed by atoms with van der Waals surface area (Å²) < 4.78 is 11.9. The smallest absolute Gasteiger partial charge is 0.331 e. The minimum atomic E-state index is -0.144. The maximum absolute atomic E-state index is 11.7. The summed E-state index contributed by atoms with van der Waals surface area (Å²) in [7, 11) is 0. The standard InChI is InChI=1S/C23H32O3S/c1-21-7-5-15(27)10-14(21)3-4-17-16(21)6-8-22(2)18(11-19-23(17,22)26-19)13-9-20(24)25-12-13/h9,14-19,27H,3-8,10-12H2,1-2H3/t14-,15+,16+,17-,18-,19-,21+,22-,23-/m1/s1. The molecule has 0 aromatic rings. The number of carbonyl (C=O) groups is 1. The van der Waals surface area contributed by atoms with Crippen LogP contribution in [0.15, 0.2) is 11.6 Å². The van der Waals surface area contributed by atoms with Crippen LogP contribution in [0.1, 0.15) is 65.2 Å². The first-order valence-corrected chi connectivity index (χ1v) is 11.6. The van der Waals surface area contributed by atoms with E-state index in [9.17, 15) is 4.79 Å². The van der Waals surface area contributed by atoms with Gasteiger partial charge in [0.05, 0.1) is 6.10 Å². The van der Waals surface area contributed by atoms with Crippen molar-refractivity contribution in [3.8, 4) is 0 Å². The molecule has 2 heterocycles. The highest BCUT2D eigenvalue weighted by molar-refractivity contribution is 7.80. The Balaban J connectivity index is 1.34. The van der Waals surface area contributed by atoms with Gasteiger partial charge in [-0.05, 0) is 86.0 Å². The van der Waals surface area contributed by atoms with E-state index in [4.69, 9.17) is 22.1 Å². The highest BCUT2D eigenvalue weighted by Gasteiger charge is 2.80. The number of epoxide rings is 1. The molecule has 0 aromatic carbocycles. The molecular weight excluding hydrogens is 356 g/mol. The zero-order valence-electron chi connectivity index (χ0n) is 16.6. The largest absolute Gasteiger partial charge is 0.458 e. The second-order valence-electron chi connectivity index (χ2n) is 10.9. The zero-order chi connectivity index (χ0) is 18.6. The molecule has 0 amide bonds. The number of ether oxygens (including phenoxy) is 2. The molecule has 0 unspecified atom stereocenters. The number of esters is 1. The molecule has 0 N–H and O–H groups in total. The van der Waals surface area contributed by atoms with E-state index in [1.807, 2.05) is 0 Å². The van der Waals surface area contributed by atoms with E-state index in [-0.39, 0.29) is 17.0 Å². The number of thiol groups is 1. The fraction of sp³-hybridized carbons (Fsp3) is 0.870. The number of hydrogen-bond acceptors (Lipinski definition) is 4. The third-order valence-corrected chi connectivity index (χ3v) is 10.7.